The molecule has 0 heterocycles. The fraction of sp³-hybridized carbons (Fsp3) is 0.909. The Labute approximate surface area is 92.1 Å². The zero-order chi connectivity index (χ0) is 11.7. The molecule has 0 radical (unpaired) electrons. The number of hydrogen-bond donors (Lipinski definition) is 1. The molecule has 2 atom stereocenters. The molecule has 2 N–H and O–H groups in total. The monoisotopic (exact) mass is 217 g/mol. The van der Waals surface area contributed by atoms with E-state index in [4.69, 9.17) is 15.2 Å². The number of hydrogen-bond acceptors (Lipinski definition) is 4. The van der Waals surface area contributed by atoms with E-state index in [2.05, 4.69) is 0 Å². The van der Waals surface area contributed by atoms with Gasteiger partial charge >= 0.3 is 5.97 Å². The standard InChI is InChI=1S/C11H23NO3/c1-4-6-14-7-8-15-11(13)10(12)9(3)5-2/h9-10H,4-8,12H2,1-3H3/t9?,10-/m0/s1. The summed E-state index contributed by atoms with van der Waals surface area (Å²) in [6.45, 7) is 7.43. The van der Waals surface area contributed by atoms with Gasteiger partial charge < -0.3 is 15.2 Å². The van der Waals surface area contributed by atoms with Crippen molar-refractivity contribution < 1.29 is 14.3 Å². The van der Waals surface area contributed by atoms with Crippen molar-refractivity contribution in [1.29, 1.82) is 0 Å². The first-order valence-corrected chi connectivity index (χ1v) is 5.63. The van der Waals surface area contributed by atoms with E-state index in [-0.39, 0.29) is 11.9 Å². The van der Waals surface area contributed by atoms with E-state index in [0.717, 1.165) is 12.8 Å². The quantitative estimate of drug-likeness (QED) is 0.492. The lowest BCUT2D eigenvalue weighted by Crippen LogP contribution is -2.38. The molecular weight excluding hydrogens is 194 g/mol. The second-order valence-electron chi connectivity index (χ2n) is 3.69. The van der Waals surface area contributed by atoms with Gasteiger partial charge in [-0.25, -0.2) is 0 Å². The average molecular weight is 217 g/mol. The van der Waals surface area contributed by atoms with E-state index in [0.29, 0.717) is 19.8 Å². The van der Waals surface area contributed by atoms with Crippen LogP contribution in [0, 0.1) is 5.92 Å². The molecule has 0 bridgehead atoms. The molecule has 0 saturated heterocycles. The number of nitrogens with two attached hydrogens (primary N) is 1. The first-order valence-electron chi connectivity index (χ1n) is 5.63. The van der Waals surface area contributed by atoms with Gasteiger partial charge in [0.1, 0.15) is 12.6 Å². The van der Waals surface area contributed by atoms with E-state index in [1.54, 1.807) is 0 Å². The Bertz CT molecular complexity index is 173. The van der Waals surface area contributed by atoms with Crippen molar-refractivity contribution in [2.75, 3.05) is 19.8 Å². The van der Waals surface area contributed by atoms with Crippen molar-refractivity contribution in [2.24, 2.45) is 11.7 Å². The molecule has 4 heteroatoms. The van der Waals surface area contributed by atoms with Gasteiger partial charge in [-0.15, -0.1) is 0 Å². The lowest BCUT2D eigenvalue weighted by molar-refractivity contribution is -0.148. The minimum Gasteiger partial charge on any atom is -0.462 e. The third-order valence-corrected chi connectivity index (χ3v) is 2.35. The highest BCUT2D eigenvalue weighted by Gasteiger charge is 2.20. The van der Waals surface area contributed by atoms with Crippen LogP contribution in [-0.2, 0) is 14.3 Å². The molecule has 0 aliphatic carbocycles. The van der Waals surface area contributed by atoms with Crippen molar-refractivity contribution in [3.8, 4) is 0 Å². The Morgan fingerprint density at radius 3 is 2.47 bits per heavy atom. The van der Waals surface area contributed by atoms with E-state index in [9.17, 15) is 4.79 Å². The van der Waals surface area contributed by atoms with Gasteiger partial charge in [-0.3, -0.25) is 4.79 Å². The van der Waals surface area contributed by atoms with Crippen LogP contribution >= 0.6 is 0 Å². The molecule has 0 aliphatic rings. The molecule has 0 amide bonds. The van der Waals surface area contributed by atoms with Gasteiger partial charge in [0.25, 0.3) is 0 Å². The SMILES string of the molecule is CCCOCCOC(=O)[C@@H](N)C(C)CC. The topological polar surface area (TPSA) is 61.5 Å². The molecule has 0 spiro atoms. The van der Waals surface area contributed by atoms with Crippen molar-refractivity contribution in [2.45, 2.75) is 39.7 Å². The Balaban J connectivity index is 3.56. The van der Waals surface area contributed by atoms with Gasteiger partial charge in [-0.2, -0.15) is 0 Å². The highest BCUT2D eigenvalue weighted by atomic mass is 16.6. The second-order valence-corrected chi connectivity index (χ2v) is 3.69. The van der Waals surface area contributed by atoms with Crippen molar-refractivity contribution in [3.05, 3.63) is 0 Å². The lowest BCUT2D eigenvalue weighted by Gasteiger charge is -2.16. The highest BCUT2D eigenvalue weighted by Crippen LogP contribution is 2.06. The predicted octanol–water partition coefficient (Wildman–Crippen LogP) is 1.33. The first-order chi connectivity index (χ1) is 7.13. The molecule has 0 aromatic heterocycles. The minimum atomic E-state index is -0.513. The summed E-state index contributed by atoms with van der Waals surface area (Å²) in [5.41, 5.74) is 5.70. The summed E-state index contributed by atoms with van der Waals surface area (Å²) in [4.78, 5) is 11.4. The van der Waals surface area contributed by atoms with Crippen LogP contribution in [0.25, 0.3) is 0 Å². The maximum atomic E-state index is 11.4. The van der Waals surface area contributed by atoms with Crippen LogP contribution < -0.4 is 5.73 Å². The number of carbonyl (C=O) groups excluding carboxylic acids is 1. The summed E-state index contributed by atoms with van der Waals surface area (Å²) in [5.74, 6) is -0.168. The Kier molecular flexibility index (Phi) is 8.33. The normalized spacial score (nSPS) is 14.7. The molecule has 0 aliphatic heterocycles. The summed E-state index contributed by atoms with van der Waals surface area (Å²) < 4.78 is 10.2. The molecule has 4 nitrogen and oxygen atoms in total. The van der Waals surface area contributed by atoms with Crippen LogP contribution in [0.5, 0.6) is 0 Å². The van der Waals surface area contributed by atoms with E-state index >= 15 is 0 Å². The summed E-state index contributed by atoms with van der Waals surface area (Å²) >= 11 is 0. The van der Waals surface area contributed by atoms with Gasteiger partial charge in [0, 0.05) is 6.61 Å². The Morgan fingerprint density at radius 1 is 1.27 bits per heavy atom. The smallest absolute Gasteiger partial charge is 0.323 e. The fourth-order valence-electron chi connectivity index (χ4n) is 1.03. The van der Waals surface area contributed by atoms with Crippen molar-refractivity contribution >= 4 is 5.97 Å². The second kappa shape index (κ2) is 8.68. The van der Waals surface area contributed by atoms with Crippen LogP contribution in [0.1, 0.15) is 33.6 Å². The number of rotatable bonds is 8. The maximum Gasteiger partial charge on any atom is 0.323 e. The van der Waals surface area contributed by atoms with Crippen molar-refractivity contribution in [1.82, 2.24) is 0 Å². The summed E-state index contributed by atoms with van der Waals surface area (Å²) in [6, 6.07) is -0.513. The maximum absolute atomic E-state index is 11.4. The van der Waals surface area contributed by atoms with E-state index in [1.165, 1.54) is 0 Å². The van der Waals surface area contributed by atoms with Crippen LogP contribution in [0.3, 0.4) is 0 Å². The Hall–Kier alpha value is -0.610. The van der Waals surface area contributed by atoms with Gasteiger partial charge in [0.15, 0.2) is 0 Å². The van der Waals surface area contributed by atoms with Crippen LogP contribution in [0.2, 0.25) is 0 Å². The van der Waals surface area contributed by atoms with Crippen LogP contribution in [0.15, 0.2) is 0 Å². The van der Waals surface area contributed by atoms with E-state index < -0.39 is 6.04 Å². The average Bonchev–Trinajstić information content (AvgIpc) is 2.26. The Morgan fingerprint density at radius 2 is 1.93 bits per heavy atom. The zero-order valence-electron chi connectivity index (χ0n) is 9.99. The zero-order valence-corrected chi connectivity index (χ0v) is 9.99. The molecular formula is C11H23NO3. The number of esters is 1. The molecule has 15 heavy (non-hydrogen) atoms. The molecule has 0 fully saturated rings. The molecule has 0 aromatic rings. The van der Waals surface area contributed by atoms with Gasteiger partial charge in [0.2, 0.25) is 0 Å². The molecule has 0 rings (SSSR count). The molecule has 0 aromatic carbocycles. The van der Waals surface area contributed by atoms with Gasteiger partial charge in [-0.05, 0) is 12.3 Å². The molecule has 90 valence electrons. The van der Waals surface area contributed by atoms with Crippen molar-refractivity contribution in [3.63, 3.8) is 0 Å². The number of ether oxygens (including phenoxy) is 2. The van der Waals surface area contributed by atoms with Gasteiger partial charge in [0.05, 0.1) is 6.61 Å². The summed E-state index contributed by atoms with van der Waals surface area (Å²) in [5, 5.41) is 0. The third-order valence-electron chi connectivity index (χ3n) is 2.35. The number of carbonyl (C=O) groups is 1. The van der Waals surface area contributed by atoms with Crippen LogP contribution in [-0.4, -0.2) is 31.8 Å². The fourth-order valence-corrected chi connectivity index (χ4v) is 1.03. The molecule has 1 unspecified atom stereocenters. The van der Waals surface area contributed by atoms with Crippen LogP contribution in [0.4, 0.5) is 0 Å². The summed E-state index contributed by atoms with van der Waals surface area (Å²) in [6.07, 6.45) is 1.85. The molecule has 0 saturated carbocycles. The predicted molar refractivity (Wildman–Crippen MR) is 59.5 cm³/mol. The largest absolute Gasteiger partial charge is 0.462 e. The van der Waals surface area contributed by atoms with E-state index in [1.807, 2.05) is 20.8 Å². The minimum absolute atomic E-state index is 0.161. The highest BCUT2D eigenvalue weighted by molar-refractivity contribution is 5.75. The third kappa shape index (κ3) is 6.47. The first kappa shape index (κ1) is 14.4. The lowest BCUT2D eigenvalue weighted by atomic mass is 10.0. The summed E-state index contributed by atoms with van der Waals surface area (Å²) in [7, 11) is 0. The van der Waals surface area contributed by atoms with Gasteiger partial charge in [-0.1, -0.05) is 27.2 Å².